The molecule has 1 unspecified atom stereocenters. The van der Waals surface area contributed by atoms with Gasteiger partial charge in [0.05, 0.1) is 19.3 Å². The summed E-state index contributed by atoms with van der Waals surface area (Å²) in [6.07, 6.45) is 0.450. The molecule has 4 heteroatoms. The Bertz CT molecular complexity index is 350. The smallest absolute Gasteiger partial charge is 0.0553 e. The summed E-state index contributed by atoms with van der Waals surface area (Å²) in [5.74, 6) is 0. The Labute approximate surface area is 107 Å². The Morgan fingerprint density at radius 1 is 1.29 bits per heavy atom. The van der Waals surface area contributed by atoms with Gasteiger partial charge < -0.3 is 14.9 Å². The van der Waals surface area contributed by atoms with Crippen LogP contribution in [0.3, 0.4) is 0 Å². The van der Waals surface area contributed by atoms with Crippen molar-refractivity contribution in [2.45, 2.75) is 24.9 Å². The third-order valence-corrected chi connectivity index (χ3v) is 3.46. The highest BCUT2D eigenvalue weighted by Crippen LogP contribution is 2.34. The van der Waals surface area contributed by atoms with Gasteiger partial charge in [-0.2, -0.15) is 0 Å². The van der Waals surface area contributed by atoms with Gasteiger partial charge in [-0.1, -0.05) is 29.8 Å². The average molecular weight is 259 g/mol. The second-order valence-corrected chi connectivity index (χ2v) is 4.73. The zero-order valence-corrected chi connectivity index (χ0v) is 10.9. The van der Waals surface area contributed by atoms with Crippen LogP contribution in [0.15, 0.2) is 24.3 Å². The van der Waals surface area contributed by atoms with E-state index >= 15 is 0 Å². The highest BCUT2D eigenvalue weighted by atomic mass is 35.5. The number of hydrogen-bond acceptors (Lipinski definition) is 3. The summed E-state index contributed by atoms with van der Waals surface area (Å²) in [6, 6.07) is 7.26. The molecule has 1 rings (SSSR count). The van der Waals surface area contributed by atoms with Crippen molar-refractivity contribution in [3.8, 4) is 0 Å². The maximum absolute atomic E-state index is 9.62. The molecule has 0 aromatic heterocycles. The highest BCUT2D eigenvalue weighted by molar-refractivity contribution is 6.31. The molecule has 0 radical (unpaired) electrons. The first-order valence-electron chi connectivity index (χ1n) is 5.59. The molecule has 1 aromatic rings. The summed E-state index contributed by atoms with van der Waals surface area (Å²) in [6.45, 7) is 1.57. The van der Waals surface area contributed by atoms with Crippen molar-refractivity contribution in [3.63, 3.8) is 0 Å². The second-order valence-electron chi connectivity index (χ2n) is 4.33. The number of halogens is 1. The molecule has 0 fully saturated rings. The lowest BCUT2D eigenvalue weighted by Gasteiger charge is -2.33. The molecule has 0 saturated carbocycles. The molecule has 0 aliphatic heterocycles. The van der Waals surface area contributed by atoms with Gasteiger partial charge in [0.2, 0.25) is 0 Å². The van der Waals surface area contributed by atoms with Gasteiger partial charge in [0, 0.05) is 17.5 Å². The number of hydrogen-bond donors (Lipinski definition) is 2. The first-order valence-corrected chi connectivity index (χ1v) is 5.97. The fourth-order valence-electron chi connectivity index (χ4n) is 1.98. The summed E-state index contributed by atoms with van der Waals surface area (Å²) < 4.78 is 5.21. The molecular weight excluding hydrogens is 240 g/mol. The predicted octanol–water partition coefficient (Wildman–Crippen LogP) is 1.99. The van der Waals surface area contributed by atoms with Gasteiger partial charge >= 0.3 is 0 Å². The van der Waals surface area contributed by atoms with E-state index in [0.29, 0.717) is 11.4 Å². The zero-order valence-electron chi connectivity index (χ0n) is 10.2. The topological polar surface area (TPSA) is 49.7 Å². The molecule has 2 N–H and O–H groups in total. The summed E-state index contributed by atoms with van der Waals surface area (Å²) in [7, 11) is 1.61. The minimum absolute atomic E-state index is 0.0643. The molecule has 0 bridgehead atoms. The Morgan fingerprint density at radius 3 is 2.35 bits per heavy atom. The van der Waals surface area contributed by atoms with Crippen LogP contribution in [-0.2, 0) is 10.2 Å². The molecule has 96 valence electrons. The summed E-state index contributed by atoms with van der Waals surface area (Å²) >= 11 is 6.13. The number of ether oxygens (including phenoxy) is 1. The Kier molecular flexibility index (Phi) is 5.40. The predicted molar refractivity (Wildman–Crippen MR) is 68.4 cm³/mol. The van der Waals surface area contributed by atoms with E-state index in [9.17, 15) is 10.2 Å². The molecule has 0 amide bonds. The van der Waals surface area contributed by atoms with Gasteiger partial charge in [-0.15, -0.1) is 0 Å². The Hall–Kier alpha value is -0.610. The van der Waals surface area contributed by atoms with E-state index in [0.717, 1.165) is 5.56 Å². The maximum atomic E-state index is 9.62. The Balaban J connectivity index is 3.11. The number of methoxy groups -OCH3 is 1. The summed E-state index contributed by atoms with van der Waals surface area (Å²) in [5, 5.41) is 19.8. The normalized spacial score (nSPS) is 13.7. The van der Waals surface area contributed by atoms with Crippen molar-refractivity contribution in [1.82, 2.24) is 0 Å². The van der Waals surface area contributed by atoms with Gasteiger partial charge in [-0.05, 0) is 25.0 Å². The lowest BCUT2D eigenvalue weighted by molar-refractivity contribution is 0.0406. The third-order valence-electron chi connectivity index (χ3n) is 3.13. The van der Waals surface area contributed by atoms with Crippen LogP contribution in [0.4, 0.5) is 0 Å². The molecule has 0 saturated heterocycles. The van der Waals surface area contributed by atoms with Crippen molar-refractivity contribution in [2.24, 2.45) is 0 Å². The zero-order chi connectivity index (χ0) is 12.9. The first-order chi connectivity index (χ1) is 8.09. The van der Waals surface area contributed by atoms with Gasteiger partial charge in [0.15, 0.2) is 0 Å². The summed E-state index contributed by atoms with van der Waals surface area (Å²) in [5.41, 5.74) is 0.00360. The van der Waals surface area contributed by atoms with Crippen LogP contribution in [0.2, 0.25) is 5.02 Å². The van der Waals surface area contributed by atoms with E-state index in [1.807, 2.05) is 25.1 Å². The van der Waals surface area contributed by atoms with Gasteiger partial charge in [-0.3, -0.25) is 0 Å². The molecule has 0 spiro atoms. The van der Waals surface area contributed by atoms with Crippen LogP contribution >= 0.6 is 11.6 Å². The minimum atomic E-state index is -0.756. The fourth-order valence-corrected chi connectivity index (χ4v) is 2.32. The standard InChI is InChI=1S/C13H19ClO3/c1-10(17-2)7-13(8-15,9-16)11-5-3-4-6-12(11)14/h3-6,10,15-16H,7-9H2,1-2H3. The van der Waals surface area contributed by atoms with Crippen LogP contribution in [0, 0.1) is 0 Å². The molecule has 0 aliphatic rings. The van der Waals surface area contributed by atoms with Crippen LogP contribution in [0.25, 0.3) is 0 Å². The first kappa shape index (κ1) is 14.5. The molecule has 1 atom stereocenters. The molecule has 1 aromatic carbocycles. The van der Waals surface area contributed by atoms with Crippen molar-refractivity contribution in [1.29, 1.82) is 0 Å². The van der Waals surface area contributed by atoms with Crippen molar-refractivity contribution < 1.29 is 14.9 Å². The molecule has 0 heterocycles. The van der Waals surface area contributed by atoms with E-state index < -0.39 is 5.41 Å². The monoisotopic (exact) mass is 258 g/mol. The van der Waals surface area contributed by atoms with E-state index in [1.165, 1.54) is 0 Å². The van der Waals surface area contributed by atoms with E-state index in [4.69, 9.17) is 16.3 Å². The number of rotatable bonds is 6. The van der Waals surface area contributed by atoms with E-state index in [-0.39, 0.29) is 19.3 Å². The molecule has 17 heavy (non-hydrogen) atoms. The summed E-state index contributed by atoms with van der Waals surface area (Å²) in [4.78, 5) is 0. The van der Waals surface area contributed by atoms with Crippen LogP contribution in [0.5, 0.6) is 0 Å². The fraction of sp³-hybridized carbons (Fsp3) is 0.538. The lowest BCUT2D eigenvalue weighted by atomic mass is 9.77. The van der Waals surface area contributed by atoms with E-state index in [2.05, 4.69) is 0 Å². The number of aliphatic hydroxyl groups is 2. The van der Waals surface area contributed by atoms with Gasteiger partial charge in [-0.25, -0.2) is 0 Å². The van der Waals surface area contributed by atoms with E-state index in [1.54, 1.807) is 13.2 Å². The molecule has 3 nitrogen and oxygen atoms in total. The highest BCUT2D eigenvalue weighted by Gasteiger charge is 2.34. The minimum Gasteiger partial charge on any atom is -0.395 e. The largest absolute Gasteiger partial charge is 0.395 e. The van der Waals surface area contributed by atoms with Crippen LogP contribution < -0.4 is 0 Å². The van der Waals surface area contributed by atoms with Crippen molar-refractivity contribution in [3.05, 3.63) is 34.9 Å². The quantitative estimate of drug-likeness (QED) is 0.821. The second kappa shape index (κ2) is 6.36. The van der Waals surface area contributed by atoms with Crippen molar-refractivity contribution in [2.75, 3.05) is 20.3 Å². The lowest BCUT2D eigenvalue weighted by Crippen LogP contribution is -2.38. The van der Waals surface area contributed by atoms with Gasteiger partial charge in [0.1, 0.15) is 0 Å². The number of benzene rings is 1. The molecular formula is C13H19ClO3. The third kappa shape index (κ3) is 3.19. The van der Waals surface area contributed by atoms with Crippen molar-refractivity contribution >= 4 is 11.6 Å². The van der Waals surface area contributed by atoms with Crippen LogP contribution in [0.1, 0.15) is 18.9 Å². The average Bonchev–Trinajstić information content (AvgIpc) is 2.36. The SMILES string of the molecule is COC(C)CC(CO)(CO)c1ccccc1Cl. The maximum Gasteiger partial charge on any atom is 0.0553 e. The number of aliphatic hydroxyl groups excluding tert-OH is 2. The van der Waals surface area contributed by atoms with Crippen LogP contribution in [-0.4, -0.2) is 36.6 Å². The van der Waals surface area contributed by atoms with Gasteiger partial charge in [0.25, 0.3) is 0 Å². The Morgan fingerprint density at radius 2 is 1.88 bits per heavy atom. The molecule has 0 aliphatic carbocycles.